The Kier molecular flexibility index (Phi) is 2.99. The zero-order valence-electron chi connectivity index (χ0n) is 10.5. The van der Waals surface area contributed by atoms with E-state index in [2.05, 4.69) is 10.3 Å². The van der Waals surface area contributed by atoms with Gasteiger partial charge >= 0.3 is 0 Å². The third-order valence-electron chi connectivity index (χ3n) is 3.98. The third kappa shape index (κ3) is 2.46. The number of likely N-dealkylation sites (tertiary alicyclic amines) is 1. The van der Waals surface area contributed by atoms with Crippen molar-refractivity contribution in [2.24, 2.45) is 5.92 Å². The van der Waals surface area contributed by atoms with Gasteiger partial charge in [0.25, 0.3) is 0 Å². The number of halogens is 2. The van der Waals surface area contributed by atoms with Crippen LogP contribution in [0.15, 0.2) is 12.4 Å². The molecule has 1 saturated heterocycles. The molecule has 7 heteroatoms. The van der Waals surface area contributed by atoms with E-state index in [1.54, 1.807) is 22.0 Å². The van der Waals surface area contributed by atoms with Crippen LogP contribution in [0.5, 0.6) is 0 Å². The van der Waals surface area contributed by atoms with Crippen LogP contribution < -0.4 is 0 Å². The van der Waals surface area contributed by atoms with Gasteiger partial charge in [-0.15, -0.1) is 5.10 Å². The molecular weight excluding hydrogens is 254 g/mol. The van der Waals surface area contributed by atoms with E-state index < -0.39 is 11.8 Å². The Morgan fingerprint density at radius 3 is 2.79 bits per heavy atom. The average molecular weight is 270 g/mol. The Bertz CT molecular complexity index is 456. The number of rotatable bonds is 2. The van der Waals surface area contributed by atoms with Gasteiger partial charge in [-0.3, -0.25) is 4.79 Å². The van der Waals surface area contributed by atoms with Crippen molar-refractivity contribution in [1.29, 1.82) is 0 Å². The van der Waals surface area contributed by atoms with Gasteiger partial charge in [0.15, 0.2) is 0 Å². The molecule has 19 heavy (non-hydrogen) atoms. The molecule has 0 radical (unpaired) electrons. The lowest BCUT2D eigenvalue weighted by Gasteiger charge is -2.42. The van der Waals surface area contributed by atoms with Crippen molar-refractivity contribution in [2.45, 2.75) is 37.6 Å². The van der Waals surface area contributed by atoms with Crippen LogP contribution >= 0.6 is 0 Å². The monoisotopic (exact) mass is 270 g/mol. The molecule has 2 heterocycles. The number of alkyl halides is 2. The number of hydrogen-bond acceptors (Lipinski definition) is 3. The predicted octanol–water partition coefficient (Wildman–Crippen LogP) is 1.49. The summed E-state index contributed by atoms with van der Waals surface area (Å²) in [6.45, 7) is 1.09. The Labute approximate surface area is 109 Å². The lowest BCUT2D eigenvalue weighted by molar-refractivity contribution is -0.148. The molecule has 0 N–H and O–H groups in total. The molecule has 1 atom stereocenters. The first-order valence-electron chi connectivity index (χ1n) is 6.57. The highest BCUT2D eigenvalue weighted by atomic mass is 19.3. The zero-order valence-corrected chi connectivity index (χ0v) is 10.5. The summed E-state index contributed by atoms with van der Waals surface area (Å²) in [4.78, 5) is 13.8. The quantitative estimate of drug-likeness (QED) is 0.818. The van der Waals surface area contributed by atoms with Gasteiger partial charge in [-0.05, 0) is 12.8 Å². The summed E-state index contributed by atoms with van der Waals surface area (Å²) in [5.74, 6) is -3.31. The fourth-order valence-corrected chi connectivity index (χ4v) is 2.86. The predicted molar refractivity (Wildman–Crippen MR) is 62.5 cm³/mol. The minimum Gasteiger partial charge on any atom is -0.338 e. The summed E-state index contributed by atoms with van der Waals surface area (Å²) in [6.07, 6.45) is 3.98. The minimum absolute atomic E-state index is 0.0850. The van der Waals surface area contributed by atoms with E-state index in [9.17, 15) is 13.6 Å². The summed E-state index contributed by atoms with van der Waals surface area (Å²) in [6, 6.07) is 0.135. The zero-order chi connectivity index (χ0) is 13.5. The molecule has 3 rings (SSSR count). The standard InChI is InChI=1S/C12H16F2N4O/c13-12(14)3-1-2-9(6-12)11(19)17-7-10(8-17)18-5-4-15-16-18/h4-5,9-10H,1-3,6-8H2/t9-/m0/s1. The number of nitrogens with zero attached hydrogens (tertiary/aromatic N) is 4. The van der Waals surface area contributed by atoms with Crippen LogP contribution in [-0.4, -0.2) is 44.8 Å². The van der Waals surface area contributed by atoms with Crippen LogP contribution in [0.25, 0.3) is 0 Å². The van der Waals surface area contributed by atoms with Gasteiger partial charge in [0.1, 0.15) is 0 Å². The fourth-order valence-electron chi connectivity index (χ4n) is 2.86. The van der Waals surface area contributed by atoms with Gasteiger partial charge in [-0.25, -0.2) is 13.5 Å². The highest BCUT2D eigenvalue weighted by Gasteiger charge is 2.43. The van der Waals surface area contributed by atoms with E-state index in [4.69, 9.17) is 0 Å². The van der Waals surface area contributed by atoms with Gasteiger partial charge in [0, 0.05) is 38.0 Å². The molecule has 1 aromatic rings. The van der Waals surface area contributed by atoms with Crippen LogP contribution in [0.4, 0.5) is 8.78 Å². The van der Waals surface area contributed by atoms with E-state index in [0.717, 1.165) is 0 Å². The van der Waals surface area contributed by atoms with Crippen molar-refractivity contribution in [3.63, 3.8) is 0 Å². The highest BCUT2D eigenvalue weighted by Crippen LogP contribution is 2.38. The molecule has 0 aromatic carbocycles. The Balaban J connectivity index is 1.55. The smallest absolute Gasteiger partial charge is 0.248 e. The topological polar surface area (TPSA) is 51.0 Å². The first kappa shape index (κ1) is 12.5. The maximum atomic E-state index is 13.3. The van der Waals surface area contributed by atoms with E-state index in [-0.39, 0.29) is 24.8 Å². The van der Waals surface area contributed by atoms with Crippen LogP contribution in [-0.2, 0) is 4.79 Å². The molecule has 1 amide bonds. The summed E-state index contributed by atoms with van der Waals surface area (Å²) >= 11 is 0. The maximum absolute atomic E-state index is 13.3. The van der Waals surface area contributed by atoms with Crippen LogP contribution in [0, 0.1) is 5.92 Å². The molecule has 0 spiro atoms. The molecule has 0 unspecified atom stereocenters. The van der Waals surface area contributed by atoms with E-state index in [1.165, 1.54) is 0 Å². The molecular formula is C12H16F2N4O. The van der Waals surface area contributed by atoms with Crippen molar-refractivity contribution in [3.05, 3.63) is 12.4 Å². The minimum atomic E-state index is -2.67. The van der Waals surface area contributed by atoms with Crippen LogP contribution in [0.2, 0.25) is 0 Å². The Hall–Kier alpha value is -1.53. The van der Waals surface area contributed by atoms with Crippen LogP contribution in [0.3, 0.4) is 0 Å². The van der Waals surface area contributed by atoms with Crippen molar-refractivity contribution < 1.29 is 13.6 Å². The van der Waals surface area contributed by atoms with E-state index in [1.807, 2.05) is 0 Å². The van der Waals surface area contributed by atoms with Crippen molar-refractivity contribution in [1.82, 2.24) is 19.9 Å². The molecule has 1 aromatic heterocycles. The fraction of sp³-hybridized carbons (Fsp3) is 0.750. The third-order valence-corrected chi connectivity index (χ3v) is 3.98. The van der Waals surface area contributed by atoms with Gasteiger partial charge < -0.3 is 4.90 Å². The van der Waals surface area contributed by atoms with Crippen molar-refractivity contribution in [2.75, 3.05) is 13.1 Å². The van der Waals surface area contributed by atoms with Gasteiger partial charge in [0.05, 0.1) is 12.2 Å². The van der Waals surface area contributed by atoms with Gasteiger partial charge in [0.2, 0.25) is 11.8 Å². The summed E-state index contributed by atoms with van der Waals surface area (Å²) < 4.78 is 28.3. The molecule has 2 aliphatic rings. The Morgan fingerprint density at radius 1 is 1.37 bits per heavy atom. The SMILES string of the molecule is O=C([C@H]1CCCC(F)(F)C1)N1CC(n2ccnn2)C1. The molecule has 2 fully saturated rings. The number of hydrogen-bond donors (Lipinski definition) is 0. The van der Waals surface area contributed by atoms with Crippen LogP contribution in [0.1, 0.15) is 31.7 Å². The summed E-state index contributed by atoms with van der Waals surface area (Å²) in [7, 11) is 0. The lowest BCUT2D eigenvalue weighted by atomic mass is 9.85. The molecule has 1 aliphatic heterocycles. The van der Waals surface area contributed by atoms with Crippen molar-refractivity contribution >= 4 is 5.91 Å². The molecule has 104 valence electrons. The largest absolute Gasteiger partial charge is 0.338 e. The number of aromatic nitrogens is 3. The second-order valence-corrected chi connectivity index (χ2v) is 5.43. The van der Waals surface area contributed by atoms with E-state index >= 15 is 0 Å². The number of carbonyl (C=O) groups is 1. The molecule has 1 saturated carbocycles. The highest BCUT2D eigenvalue weighted by molar-refractivity contribution is 5.79. The average Bonchev–Trinajstić information content (AvgIpc) is 2.79. The number of amides is 1. The van der Waals surface area contributed by atoms with Crippen molar-refractivity contribution in [3.8, 4) is 0 Å². The molecule has 5 nitrogen and oxygen atoms in total. The summed E-state index contributed by atoms with van der Waals surface area (Å²) in [5, 5.41) is 7.59. The normalized spacial score (nSPS) is 27.1. The second kappa shape index (κ2) is 4.54. The lowest BCUT2D eigenvalue weighted by Crippen LogP contribution is -2.53. The van der Waals surface area contributed by atoms with Gasteiger partial charge in [-0.1, -0.05) is 5.21 Å². The number of carbonyl (C=O) groups excluding carboxylic acids is 1. The second-order valence-electron chi connectivity index (χ2n) is 5.43. The molecule has 1 aliphatic carbocycles. The first-order valence-corrected chi connectivity index (χ1v) is 6.57. The van der Waals surface area contributed by atoms with Gasteiger partial charge in [-0.2, -0.15) is 0 Å². The van der Waals surface area contributed by atoms with E-state index in [0.29, 0.717) is 25.9 Å². The Morgan fingerprint density at radius 2 is 2.16 bits per heavy atom. The molecule has 0 bridgehead atoms. The summed E-state index contributed by atoms with van der Waals surface area (Å²) in [5.41, 5.74) is 0. The first-order chi connectivity index (χ1) is 9.05. The maximum Gasteiger partial charge on any atom is 0.248 e.